The summed E-state index contributed by atoms with van der Waals surface area (Å²) in [5.41, 5.74) is 3.18. The van der Waals surface area contributed by atoms with Crippen molar-refractivity contribution in [3.05, 3.63) is 29.8 Å². The van der Waals surface area contributed by atoms with Crippen molar-refractivity contribution in [3.63, 3.8) is 0 Å². The number of aliphatic imine (C=N–C) groups is 1. The summed E-state index contributed by atoms with van der Waals surface area (Å²) >= 11 is 0. The summed E-state index contributed by atoms with van der Waals surface area (Å²) in [6.07, 6.45) is 1.62. The zero-order valence-corrected chi connectivity index (χ0v) is 14.0. The number of methoxy groups -OCH3 is 3. The SMILES string of the molecule is Bc1cc(B)c(O)c(/C=N/c2cc(OC)c(OC)c(OC)c2)c1. The number of phenolic OH excluding ortho intramolecular Hbond substituents is 1. The minimum Gasteiger partial charge on any atom is -0.508 e. The van der Waals surface area contributed by atoms with Gasteiger partial charge in [0.05, 0.1) is 27.0 Å². The van der Waals surface area contributed by atoms with E-state index in [0.29, 0.717) is 28.5 Å². The molecule has 5 nitrogen and oxygen atoms in total. The largest absolute Gasteiger partial charge is 0.508 e. The Balaban J connectivity index is 2.44. The number of rotatable bonds is 5. The second-order valence-electron chi connectivity index (χ2n) is 5.16. The molecule has 0 amide bonds. The van der Waals surface area contributed by atoms with Crippen molar-refractivity contribution in [2.75, 3.05) is 21.3 Å². The van der Waals surface area contributed by atoms with Gasteiger partial charge in [-0.05, 0) is 5.46 Å². The molecule has 0 aliphatic heterocycles. The van der Waals surface area contributed by atoms with E-state index in [4.69, 9.17) is 14.2 Å². The molecule has 23 heavy (non-hydrogen) atoms. The summed E-state index contributed by atoms with van der Waals surface area (Å²) in [6.45, 7) is 0. The predicted molar refractivity (Wildman–Crippen MR) is 97.8 cm³/mol. The Hall–Kier alpha value is -2.56. The van der Waals surface area contributed by atoms with Gasteiger partial charge in [-0.3, -0.25) is 4.99 Å². The highest BCUT2D eigenvalue weighted by atomic mass is 16.5. The lowest BCUT2D eigenvalue weighted by Crippen LogP contribution is -2.15. The van der Waals surface area contributed by atoms with E-state index in [0.717, 1.165) is 10.9 Å². The van der Waals surface area contributed by atoms with Crippen molar-refractivity contribution < 1.29 is 19.3 Å². The molecule has 0 aliphatic rings. The van der Waals surface area contributed by atoms with Crippen LogP contribution in [-0.4, -0.2) is 48.3 Å². The molecule has 0 heterocycles. The fraction of sp³-hybridized carbons (Fsp3) is 0.188. The first-order valence-electron chi connectivity index (χ1n) is 7.14. The second kappa shape index (κ2) is 7.13. The topological polar surface area (TPSA) is 60.3 Å². The normalized spacial score (nSPS) is 10.7. The smallest absolute Gasteiger partial charge is 0.203 e. The van der Waals surface area contributed by atoms with Gasteiger partial charge in [0.25, 0.3) is 0 Å². The number of hydrogen-bond donors (Lipinski definition) is 1. The van der Waals surface area contributed by atoms with E-state index in [1.165, 1.54) is 0 Å². The highest BCUT2D eigenvalue weighted by Gasteiger charge is 2.12. The zero-order chi connectivity index (χ0) is 17.0. The van der Waals surface area contributed by atoms with Gasteiger partial charge in [-0.2, -0.15) is 0 Å². The molecule has 2 aromatic carbocycles. The third kappa shape index (κ3) is 3.62. The van der Waals surface area contributed by atoms with Crippen molar-refractivity contribution in [3.8, 4) is 23.0 Å². The van der Waals surface area contributed by atoms with Crippen LogP contribution in [0.15, 0.2) is 29.3 Å². The van der Waals surface area contributed by atoms with E-state index < -0.39 is 0 Å². The van der Waals surface area contributed by atoms with Crippen LogP contribution in [0.4, 0.5) is 5.69 Å². The summed E-state index contributed by atoms with van der Waals surface area (Å²) < 4.78 is 15.9. The first-order chi connectivity index (χ1) is 11.0. The van der Waals surface area contributed by atoms with Gasteiger partial charge >= 0.3 is 0 Å². The molecule has 0 bridgehead atoms. The molecule has 0 fully saturated rings. The average molecular weight is 311 g/mol. The monoisotopic (exact) mass is 311 g/mol. The third-order valence-corrected chi connectivity index (χ3v) is 3.48. The van der Waals surface area contributed by atoms with Crippen LogP contribution < -0.4 is 25.1 Å². The minimum absolute atomic E-state index is 0.229. The fourth-order valence-corrected chi connectivity index (χ4v) is 2.38. The Bertz CT molecular complexity index is 722. The highest BCUT2D eigenvalue weighted by molar-refractivity contribution is 6.39. The molecule has 0 atom stereocenters. The van der Waals surface area contributed by atoms with E-state index in [1.54, 1.807) is 39.7 Å². The van der Waals surface area contributed by atoms with E-state index in [-0.39, 0.29) is 5.75 Å². The summed E-state index contributed by atoms with van der Waals surface area (Å²) in [5, 5.41) is 10.1. The molecule has 0 radical (unpaired) electrons. The quantitative estimate of drug-likeness (QED) is 0.608. The molecule has 0 unspecified atom stereocenters. The number of hydrogen-bond acceptors (Lipinski definition) is 5. The Labute approximate surface area is 137 Å². The van der Waals surface area contributed by atoms with Crippen molar-refractivity contribution in [2.24, 2.45) is 4.99 Å². The van der Waals surface area contributed by atoms with Gasteiger partial charge in [0, 0.05) is 23.9 Å². The molecule has 0 spiro atoms. The molecule has 2 rings (SSSR count). The van der Waals surface area contributed by atoms with Gasteiger partial charge in [-0.25, -0.2) is 0 Å². The summed E-state index contributed by atoms with van der Waals surface area (Å²) in [7, 11) is 8.50. The molecule has 2 aromatic rings. The summed E-state index contributed by atoms with van der Waals surface area (Å²) in [5.74, 6) is 1.81. The maximum Gasteiger partial charge on any atom is 0.203 e. The van der Waals surface area contributed by atoms with Crippen LogP contribution in [-0.2, 0) is 0 Å². The molecule has 1 N–H and O–H groups in total. The second-order valence-corrected chi connectivity index (χ2v) is 5.16. The van der Waals surface area contributed by atoms with Crippen LogP contribution in [0.1, 0.15) is 5.56 Å². The molecule has 0 saturated carbocycles. The maximum atomic E-state index is 10.1. The lowest BCUT2D eigenvalue weighted by Gasteiger charge is -2.12. The van der Waals surface area contributed by atoms with Crippen LogP contribution in [0.5, 0.6) is 23.0 Å². The van der Waals surface area contributed by atoms with Crippen LogP contribution >= 0.6 is 0 Å². The highest BCUT2D eigenvalue weighted by Crippen LogP contribution is 2.40. The van der Waals surface area contributed by atoms with E-state index in [9.17, 15) is 5.11 Å². The van der Waals surface area contributed by atoms with Gasteiger partial charge < -0.3 is 19.3 Å². The molecule has 0 aromatic heterocycles. The van der Waals surface area contributed by atoms with Gasteiger partial charge in [0.1, 0.15) is 21.4 Å². The minimum atomic E-state index is 0.229. The Morgan fingerprint density at radius 2 is 1.57 bits per heavy atom. The number of benzene rings is 2. The van der Waals surface area contributed by atoms with Crippen molar-refractivity contribution >= 4 is 38.5 Å². The Kier molecular flexibility index (Phi) is 5.21. The predicted octanol–water partition coefficient (Wildman–Crippen LogP) is -0.315. The molecule has 0 aliphatic carbocycles. The van der Waals surface area contributed by atoms with Crippen LogP contribution in [0.3, 0.4) is 0 Å². The summed E-state index contributed by atoms with van der Waals surface area (Å²) in [6, 6.07) is 7.30. The van der Waals surface area contributed by atoms with Gasteiger partial charge in [0.15, 0.2) is 11.5 Å². The van der Waals surface area contributed by atoms with E-state index >= 15 is 0 Å². The van der Waals surface area contributed by atoms with Gasteiger partial charge in [0.2, 0.25) is 5.75 Å². The molecule has 7 heteroatoms. The van der Waals surface area contributed by atoms with Crippen LogP contribution in [0.2, 0.25) is 0 Å². The van der Waals surface area contributed by atoms with E-state index in [2.05, 4.69) is 4.99 Å². The molecule has 118 valence electrons. The third-order valence-electron chi connectivity index (χ3n) is 3.48. The molecule has 0 saturated heterocycles. The van der Waals surface area contributed by atoms with Crippen molar-refractivity contribution in [1.82, 2.24) is 0 Å². The number of nitrogens with zero attached hydrogens (tertiary/aromatic N) is 1. The number of ether oxygens (including phenoxy) is 3. The van der Waals surface area contributed by atoms with E-state index in [1.807, 2.05) is 27.8 Å². The van der Waals surface area contributed by atoms with Crippen molar-refractivity contribution in [2.45, 2.75) is 0 Å². The van der Waals surface area contributed by atoms with Gasteiger partial charge in [-0.15, -0.1) is 0 Å². The first-order valence-corrected chi connectivity index (χ1v) is 7.14. The number of aromatic hydroxyl groups is 1. The van der Waals surface area contributed by atoms with Crippen LogP contribution in [0, 0.1) is 0 Å². The average Bonchev–Trinajstić information content (AvgIpc) is 2.55. The van der Waals surface area contributed by atoms with Crippen LogP contribution in [0.25, 0.3) is 0 Å². The molecular weight excluding hydrogens is 292 g/mol. The molecular formula is C16H19B2NO4. The zero-order valence-electron chi connectivity index (χ0n) is 14.0. The number of phenols is 1. The maximum absolute atomic E-state index is 10.1. The lowest BCUT2D eigenvalue weighted by molar-refractivity contribution is 0.324. The first kappa shape index (κ1) is 16.8. The lowest BCUT2D eigenvalue weighted by atomic mass is 9.85. The van der Waals surface area contributed by atoms with Crippen molar-refractivity contribution in [1.29, 1.82) is 0 Å². The summed E-state index contributed by atoms with van der Waals surface area (Å²) in [4.78, 5) is 4.41. The fourth-order valence-electron chi connectivity index (χ4n) is 2.38. The standard InChI is InChI=1S/C16H19B2NO4/c1-21-13-6-11(7-14(22-2)16(13)23-3)19-8-9-4-10(17)5-12(18)15(9)20/h4-8,20H,17-18H2,1-3H3/b19-8+. The Morgan fingerprint density at radius 3 is 2.09 bits per heavy atom. The van der Waals surface area contributed by atoms with Gasteiger partial charge in [-0.1, -0.05) is 17.6 Å². The Morgan fingerprint density at radius 1 is 0.957 bits per heavy atom.